The molecule has 0 bridgehead atoms. The molecule has 114 valence electrons. The summed E-state index contributed by atoms with van der Waals surface area (Å²) in [4.78, 5) is 25.8. The molecule has 2 fully saturated rings. The monoisotopic (exact) mass is 314 g/mol. The van der Waals surface area contributed by atoms with Crippen molar-refractivity contribution in [2.24, 2.45) is 5.41 Å². The number of carbonyl (C=O) groups excluding carboxylic acids is 1. The van der Waals surface area contributed by atoms with E-state index in [-0.39, 0.29) is 11.3 Å². The first kappa shape index (κ1) is 13.7. The van der Waals surface area contributed by atoms with Gasteiger partial charge >= 0.3 is 0 Å². The van der Waals surface area contributed by atoms with Crippen LogP contribution in [0.3, 0.4) is 0 Å². The predicted octanol–water partition coefficient (Wildman–Crippen LogP) is 2.56. The molecule has 1 amide bonds. The van der Waals surface area contributed by atoms with Crippen LogP contribution in [0.5, 0.6) is 0 Å². The van der Waals surface area contributed by atoms with Crippen LogP contribution in [0.25, 0.3) is 0 Å². The van der Waals surface area contributed by atoms with Gasteiger partial charge in [-0.2, -0.15) is 11.3 Å². The molecule has 4 heterocycles. The number of nitrogens with zero attached hydrogens (tertiary/aromatic N) is 4. The Kier molecular flexibility index (Phi) is 3.33. The molecular weight excluding hydrogens is 296 g/mol. The van der Waals surface area contributed by atoms with Crippen LogP contribution < -0.4 is 9.80 Å². The Balaban J connectivity index is 1.58. The summed E-state index contributed by atoms with van der Waals surface area (Å²) >= 11 is 1.64. The van der Waals surface area contributed by atoms with Crippen LogP contribution in [-0.2, 0) is 4.79 Å². The molecule has 4 rings (SSSR count). The highest BCUT2D eigenvalue weighted by Gasteiger charge is 2.49. The zero-order valence-electron chi connectivity index (χ0n) is 12.3. The standard InChI is InChI=1S/C16H18N4OS/c21-14-16(5-9-20(14)13-3-10-22-11-13)4-1-8-19(12-16)15-17-6-2-7-18-15/h2-3,6-7,10-11H,1,4-5,8-9,12H2/t16-/m1/s1. The van der Waals surface area contributed by atoms with Crippen LogP contribution in [-0.4, -0.2) is 35.5 Å². The predicted molar refractivity (Wildman–Crippen MR) is 87.2 cm³/mol. The van der Waals surface area contributed by atoms with Crippen LogP contribution >= 0.6 is 11.3 Å². The molecule has 5 nitrogen and oxygen atoms in total. The summed E-state index contributed by atoms with van der Waals surface area (Å²) < 4.78 is 0. The number of piperidine rings is 1. The van der Waals surface area contributed by atoms with Crippen LogP contribution in [0.2, 0.25) is 0 Å². The van der Waals surface area contributed by atoms with Crippen LogP contribution in [0.1, 0.15) is 19.3 Å². The van der Waals surface area contributed by atoms with Crippen molar-refractivity contribution in [1.82, 2.24) is 9.97 Å². The van der Waals surface area contributed by atoms with Crippen molar-refractivity contribution in [3.63, 3.8) is 0 Å². The molecule has 2 aromatic rings. The lowest BCUT2D eigenvalue weighted by Crippen LogP contribution is -2.48. The third-order valence-corrected chi connectivity index (χ3v) is 5.41. The Morgan fingerprint density at radius 2 is 2.05 bits per heavy atom. The van der Waals surface area contributed by atoms with Crippen molar-refractivity contribution >= 4 is 28.9 Å². The van der Waals surface area contributed by atoms with Gasteiger partial charge in [-0.25, -0.2) is 9.97 Å². The van der Waals surface area contributed by atoms with Gasteiger partial charge in [-0.3, -0.25) is 4.79 Å². The van der Waals surface area contributed by atoms with Gasteiger partial charge in [0.25, 0.3) is 0 Å². The molecule has 1 spiro atoms. The number of aromatic nitrogens is 2. The second-order valence-corrected chi connectivity index (χ2v) is 6.82. The molecule has 2 aliphatic heterocycles. The largest absolute Gasteiger partial charge is 0.340 e. The second kappa shape index (κ2) is 5.35. The summed E-state index contributed by atoms with van der Waals surface area (Å²) in [5.41, 5.74) is 0.777. The topological polar surface area (TPSA) is 49.3 Å². The first-order valence-corrected chi connectivity index (χ1v) is 8.59. The number of thiophene rings is 1. The molecule has 0 aliphatic carbocycles. The lowest BCUT2D eigenvalue weighted by molar-refractivity contribution is -0.126. The van der Waals surface area contributed by atoms with E-state index in [1.807, 2.05) is 22.4 Å². The first-order chi connectivity index (χ1) is 10.8. The van der Waals surface area contributed by atoms with Crippen molar-refractivity contribution in [1.29, 1.82) is 0 Å². The summed E-state index contributed by atoms with van der Waals surface area (Å²) in [5, 5.41) is 4.08. The van der Waals surface area contributed by atoms with Gasteiger partial charge in [-0.1, -0.05) is 0 Å². The molecule has 0 N–H and O–H groups in total. The van der Waals surface area contributed by atoms with E-state index < -0.39 is 0 Å². The minimum absolute atomic E-state index is 0.264. The highest BCUT2D eigenvalue weighted by molar-refractivity contribution is 7.08. The van der Waals surface area contributed by atoms with E-state index in [9.17, 15) is 4.79 Å². The molecule has 0 unspecified atom stereocenters. The number of rotatable bonds is 2. The van der Waals surface area contributed by atoms with Crippen molar-refractivity contribution < 1.29 is 4.79 Å². The Morgan fingerprint density at radius 3 is 2.82 bits per heavy atom. The van der Waals surface area contributed by atoms with Gasteiger partial charge in [0.1, 0.15) is 0 Å². The van der Waals surface area contributed by atoms with Gasteiger partial charge in [0.05, 0.1) is 11.1 Å². The third-order valence-electron chi connectivity index (χ3n) is 4.74. The average Bonchev–Trinajstić information content (AvgIpc) is 3.19. The second-order valence-electron chi connectivity index (χ2n) is 6.04. The van der Waals surface area contributed by atoms with Crippen molar-refractivity contribution in [2.75, 3.05) is 29.4 Å². The smallest absolute Gasteiger partial charge is 0.235 e. The SMILES string of the molecule is O=C1N(c2ccsc2)CC[C@@]12CCCN(c1ncccn1)C2. The lowest BCUT2D eigenvalue weighted by atomic mass is 9.78. The van der Waals surface area contributed by atoms with Gasteiger partial charge in [-0.05, 0) is 36.8 Å². The maximum absolute atomic E-state index is 13.0. The number of anilines is 2. The molecule has 0 aromatic carbocycles. The van der Waals surface area contributed by atoms with Crippen LogP contribution in [0.15, 0.2) is 35.3 Å². The fourth-order valence-electron chi connectivity index (χ4n) is 3.61. The van der Waals surface area contributed by atoms with Gasteiger partial charge in [0.15, 0.2) is 0 Å². The van der Waals surface area contributed by atoms with Crippen molar-refractivity contribution in [3.8, 4) is 0 Å². The zero-order chi connectivity index (χ0) is 15.0. The molecule has 22 heavy (non-hydrogen) atoms. The van der Waals surface area contributed by atoms with Gasteiger partial charge in [-0.15, -0.1) is 0 Å². The molecule has 2 aromatic heterocycles. The molecular formula is C16H18N4OS. The van der Waals surface area contributed by atoms with Gasteiger partial charge in [0, 0.05) is 37.4 Å². The summed E-state index contributed by atoms with van der Waals surface area (Å²) in [6.07, 6.45) is 6.43. The fraction of sp³-hybridized carbons (Fsp3) is 0.438. The van der Waals surface area contributed by atoms with Gasteiger partial charge in [0.2, 0.25) is 11.9 Å². The Bertz CT molecular complexity index is 660. The summed E-state index contributed by atoms with van der Waals surface area (Å²) in [7, 11) is 0. The van der Waals surface area contributed by atoms with Crippen LogP contribution in [0, 0.1) is 5.41 Å². The minimum Gasteiger partial charge on any atom is -0.340 e. The van der Waals surface area contributed by atoms with E-state index >= 15 is 0 Å². The van der Waals surface area contributed by atoms with Crippen molar-refractivity contribution in [2.45, 2.75) is 19.3 Å². The quantitative estimate of drug-likeness (QED) is 0.855. The maximum Gasteiger partial charge on any atom is 0.235 e. The Labute approximate surface area is 133 Å². The number of amides is 1. The zero-order valence-corrected chi connectivity index (χ0v) is 13.1. The molecule has 2 saturated heterocycles. The normalized spacial score (nSPS) is 25.2. The van der Waals surface area contributed by atoms with E-state index in [2.05, 4.69) is 20.2 Å². The number of hydrogen-bond donors (Lipinski definition) is 0. The summed E-state index contributed by atoms with van der Waals surface area (Å²) in [6.45, 7) is 2.48. The molecule has 2 aliphatic rings. The van der Waals surface area contributed by atoms with Crippen molar-refractivity contribution in [3.05, 3.63) is 35.3 Å². The number of hydrogen-bond acceptors (Lipinski definition) is 5. The molecule has 1 atom stereocenters. The van der Waals surface area contributed by atoms with Gasteiger partial charge < -0.3 is 9.80 Å². The number of carbonyl (C=O) groups is 1. The minimum atomic E-state index is -0.264. The average molecular weight is 314 g/mol. The summed E-state index contributed by atoms with van der Waals surface area (Å²) in [5.74, 6) is 1.01. The third kappa shape index (κ3) is 2.18. The Hall–Kier alpha value is -1.95. The van der Waals surface area contributed by atoms with E-state index in [1.54, 1.807) is 23.7 Å². The highest BCUT2D eigenvalue weighted by Crippen LogP contribution is 2.42. The van der Waals surface area contributed by atoms with Crippen LogP contribution in [0.4, 0.5) is 11.6 Å². The molecule has 6 heteroatoms. The summed E-state index contributed by atoms with van der Waals surface area (Å²) in [6, 6.07) is 3.85. The fourth-order valence-corrected chi connectivity index (χ4v) is 4.26. The molecule has 0 radical (unpaired) electrons. The maximum atomic E-state index is 13.0. The van der Waals surface area contributed by atoms with E-state index in [1.165, 1.54) is 0 Å². The molecule has 0 saturated carbocycles. The van der Waals surface area contributed by atoms with E-state index in [4.69, 9.17) is 0 Å². The Morgan fingerprint density at radius 1 is 1.18 bits per heavy atom. The first-order valence-electron chi connectivity index (χ1n) is 7.65. The van der Waals surface area contributed by atoms with E-state index in [0.29, 0.717) is 0 Å². The van der Waals surface area contributed by atoms with E-state index in [0.717, 1.165) is 50.5 Å². The highest BCUT2D eigenvalue weighted by atomic mass is 32.1. The lowest BCUT2D eigenvalue weighted by Gasteiger charge is -2.38.